The molecular weight excluding hydrogens is 390 g/mol. The van der Waals surface area contributed by atoms with Gasteiger partial charge in [-0.05, 0) is 42.3 Å². The number of hydrogen-bond acceptors (Lipinski definition) is 7. The van der Waals surface area contributed by atoms with E-state index in [4.69, 9.17) is 26.8 Å². The number of halogens is 1. The second kappa shape index (κ2) is 8.53. The SMILES string of the molecule is COc1ccc(CN(Sc2ccc(N)c(Cl)c2)c2nccs2)c(OC)c1. The maximum absolute atomic E-state index is 6.16. The number of benzene rings is 2. The molecule has 0 fully saturated rings. The normalized spacial score (nSPS) is 10.6. The largest absolute Gasteiger partial charge is 0.497 e. The zero-order chi connectivity index (χ0) is 18.5. The molecule has 0 aliphatic heterocycles. The van der Waals surface area contributed by atoms with Crippen LogP contribution in [0.2, 0.25) is 5.02 Å². The Morgan fingerprint density at radius 1 is 1.19 bits per heavy atom. The van der Waals surface area contributed by atoms with Crippen molar-refractivity contribution in [2.45, 2.75) is 11.4 Å². The van der Waals surface area contributed by atoms with Crippen LogP contribution in [0.1, 0.15) is 5.56 Å². The summed E-state index contributed by atoms with van der Waals surface area (Å²) in [7, 11) is 3.29. The van der Waals surface area contributed by atoms with E-state index in [1.54, 1.807) is 49.8 Å². The first-order valence-corrected chi connectivity index (χ1v) is 9.74. The van der Waals surface area contributed by atoms with E-state index in [2.05, 4.69) is 9.29 Å². The first-order valence-electron chi connectivity index (χ1n) is 7.71. The van der Waals surface area contributed by atoms with E-state index in [1.165, 1.54) is 0 Å². The molecule has 5 nitrogen and oxygen atoms in total. The van der Waals surface area contributed by atoms with Gasteiger partial charge in [-0.3, -0.25) is 4.31 Å². The third-order valence-corrected chi connectivity index (χ3v) is 5.85. The van der Waals surface area contributed by atoms with Crippen molar-refractivity contribution in [1.82, 2.24) is 4.98 Å². The molecule has 3 aromatic rings. The number of hydrogen-bond donors (Lipinski definition) is 1. The van der Waals surface area contributed by atoms with Crippen LogP contribution in [0, 0.1) is 0 Å². The molecule has 0 radical (unpaired) electrons. The maximum Gasteiger partial charge on any atom is 0.195 e. The highest BCUT2D eigenvalue weighted by molar-refractivity contribution is 8.00. The van der Waals surface area contributed by atoms with Crippen LogP contribution in [0.3, 0.4) is 0 Å². The van der Waals surface area contributed by atoms with Crippen molar-refractivity contribution in [1.29, 1.82) is 0 Å². The first kappa shape index (κ1) is 18.7. The Morgan fingerprint density at radius 3 is 2.69 bits per heavy atom. The zero-order valence-electron chi connectivity index (χ0n) is 14.3. The van der Waals surface area contributed by atoms with E-state index >= 15 is 0 Å². The van der Waals surface area contributed by atoms with Gasteiger partial charge in [-0.2, -0.15) is 0 Å². The third kappa shape index (κ3) is 4.35. The Morgan fingerprint density at radius 2 is 2.04 bits per heavy atom. The Bertz CT molecular complexity index is 875. The van der Waals surface area contributed by atoms with Gasteiger partial charge in [0, 0.05) is 28.1 Å². The second-order valence-corrected chi connectivity index (χ2v) is 7.68. The highest BCUT2D eigenvalue weighted by Crippen LogP contribution is 2.36. The van der Waals surface area contributed by atoms with Gasteiger partial charge in [0.1, 0.15) is 11.5 Å². The zero-order valence-corrected chi connectivity index (χ0v) is 16.7. The number of nitrogens with zero attached hydrogens (tertiary/aromatic N) is 2. The third-order valence-electron chi connectivity index (χ3n) is 3.63. The molecule has 26 heavy (non-hydrogen) atoms. The summed E-state index contributed by atoms with van der Waals surface area (Å²) in [6, 6.07) is 11.4. The molecule has 8 heteroatoms. The minimum Gasteiger partial charge on any atom is -0.497 e. The first-order chi connectivity index (χ1) is 12.6. The molecule has 0 unspecified atom stereocenters. The van der Waals surface area contributed by atoms with E-state index in [0.717, 1.165) is 27.1 Å². The van der Waals surface area contributed by atoms with Crippen LogP contribution >= 0.6 is 34.9 Å². The van der Waals surface area contributed by atoms with Crippen molar-refractivity contribution in [2.75, 3.05) is 24.3 Å². The number of nitrogens with two attached hydrogens (primary N) is 1. The van der Waals surface area contributed by atoms with Crippen LogP contribution < -0.4 is 19.5 Å². The lowest BCUT2D eigenvalue weighted by molar-refractivity contribution is 0.391. The molecule has 2 aromatic carbocycles. The van der Waals surface area contributed by atoms with Crippen LogP contribution in [0.4, 0.5) is 10.8 Å². The molecule has 1 heterocycles. The summed E-state index contributed by atoms with van der Waals surface area (Å²) in [4.78, 5) is 5.42. The van der Waals surface area contributed by atoms with Gasteiger partial charge in [-0.25, -0.2) is 4.98 Å². The molecule has 0 bridgehead atoms. The Balaban J connectivity index is 1.89. The molecule has 0 spiro atoms. The molecule has 0 atom stereocenters. The van der Waals surface area contributed by atoms with E-state index in [-0.39, 0.29) is 0 Å². The van der Waals surface area contributed by atoms with Crippen LogP contribution in [0.25, 0.3) is 0 Å². The number of nitrogen functional groups attached to an aromatic ring is 1. The summed E-state index contributed by atoms with van der Waals surface area (Å²) in [5.41, 5.74) is 7.40. The molecular formula is C18H18ClN3O2S2. The lowest BCUT2D eigenvalue weighted by atomic mass is 10.2. The summed E-state index contributed by atoms with van der Waals surface area (Å²) in [5.74, 6) is 1.52. The van der Waals surface area contributed by atoms with Crippen molar-refractivity contribution in [3.63, 3.8) is 0 Å². The predicted octanol–water partition coefficient (Wildman–Crippen LogP) is 5.11. The van der Waals surface area contributed by atoms with Gasteiger partial charge in [0.25, 0.3) is 0 Å². The quantitative estimate of drug-likeness (QED) is 0.433. The van der Waals surface area contributed by atoms with Crippen molar-refractivity contribution in [2.24, 2.45) is 0 Å². The van der Waals surface area contributed by atoms with Crippen LogP contribution in [0.5, 0.6) is 11.5 Å². The molecule has 1 aromatic heterocycles. The average molecular weight is 408 g/mol. The summed E-state index contributed by atoms with van der Waals surface area (Å²) >= 11 is 9.28. The van der Waals surface area contributed by atoms with E-state index < -0.39 is 0 Å². The minimum absolute atomic E-state index is 0.538. The molecule has 0 aliphatic rings. The number of methoxy groups -OCH3 is 2. The monoisotopic (exact) mass is 407 g/mol. The summed E-state index contributed by atoms with van der Waals surface area (Å²) < 4.78 is 12.9. The number of thiazole rings is 1. The molecule has 136 valence electrons. The van der Waals surface area contributed by atoms with E-state index in [1.807, 2.05) is 35.7 Å². The molecule has 0 saturated carbocycles. The average Bonchev–Trinajstić information content (AvgIpc) is 3.19. The van der Waals surface area contributed by atoms with Crippen molar-refractivity contribution in [3.05, 3.63) is 58.6 Å². The van der Waals surface area contributed by atoms with Crippen molar-refractivity contribution < 1.29 is 9.47 Å². The van der Waals surface area contributed by atoms with Gasteiger partial charge in [0.05, 0.1) is 31.5 Å². The molecule has 3 rings (SSSR count). The number of anilines is 2. The number of aromatic nitrogens is 1. The topological polar surface area (TPSA) is 60.6 Å². The molecule has 0 aliphatic carbocycles. The van der Waals surface area contributed by atoms with Crippen molar-refractivity contribution in [3.8, 4) is 11.5 Å². The fourth-order valence-corrected chi connectivity index (χ4v) is 4.22. The minimum atomic E-state index is 0.538. The van der Waals surface area contributed by atoms with Gasteiger partial charge in [0.2, 0.25) is 0 Å². The number of ether oxygens (including phenoxy) is 2. The number of rotatable bonds is 7. The highest BCUT2D eigenvalue weighted by atomic mass is 35.5. The summed E-state index contributed by atoms with van der Waals surface area (Å²) in [6.45, 7) is 0.605. The lowest BCUT2D eigenvalue weighted by Gasteiger charge is -2.22. The lowest BCUT2D eigenvalue weighted by Crippen LogP contribution is -2.14. The van der Waals surface area contributed by atoms with Crippen LogP contribution in [-0.2, 0) is 6.54 Å². The summed E-state index contributed by atoms with van der Waals surface area (Å²) in [5, 5.41) is 3.38. The van der Waals surface area contributed by atoms with Gasteiger partial charge in [-0.1, -0.05) is 11.6 Å². The standard InChI is InChI=1S/C18H18ClN3O2S2/c1-23-13-4-3-12(17(9-13)24-2)11-22(18-21-7-8-25-18)26-14-5-6-16(20)15(19)10-14/h3-10H,11,20H2,1-2H3. The highest BCUT2D eigenvalue weighted by Gasteiger charge is 2.16. The van der Waals surface area contributed by atoms with Gasteiger partial charge in [0.15, 0.2) is 5.13 Å². The van der Waals surface area contributed by atoms with Crippen molar-refractivity contribution >= 4 is 45.7 Å². The molecule has 0 saturated heterocycles. The molecule has 0 amide bonds. The van der Waals surface area contributed by atoms with E-state index in [0.29, 0.717) is 17.3 Å². The van der Waals surface area contributed by atoms with Gasteiger partial charge in [-0.15, -0.1) is 11.3 Å². The molecule has 2 N–H and O–H groups in total. The second-order valence-electron chi connectivity index (χ2n) is 5.30. The Hall–Kier alpha value is -2.09. The fourth-order valence-electron chi connectivity index (χ4n) is 2.31. The fraction of sp³-hybridized carbons (Fsp3) is 0.167. The predicted molar refractivity (Wildman–Crippen MR) is 110 cm³/mol. The Kier molecular flexibility index (Phi) is 6.13. The van der Waals surface area contributed by atoms with E-state index in [9.17, 15) is 0 Å². The smallest absolute Gasteiger partial charge is 0.195 e. The Labute approximate surface area is 165 Å². The maximum atomic E-state index is 6.16. The van der Waals surface area contributed by atoms with Crippen LogP contribution in [-0.4, -0.2) is 19.2 Å². The van der Waals surface area contributed by atoms with Crippen LogP contribution in [0.15, 0.2) is 52.9 Å². The van der Waals surface area contributed by atoms with Gasteiger partial charge < -0.3 is 15.2 Å². The van der Waals surface area contributed by atoms with Gasteiger partial charge >= 0.3 is 0 Å². The summed E-state index contributed by atoms with van der Waals surface area (Å²) in [6.07, 6.45) is 1.79.